The van der Waals surface area contributed by atoms with E-state index in [1.54, 1.807) is 0 Å². The molecule has 17 aromatic carbocycles. The van der Waals surface area contributed by atoms with Crippen LogP contribution in [0.4, 0.5) is 190 Å². The minimum Gasteiger partial charge on any atom is -0.300 e. The quantitative estimate of drug-likeness (QED) is 0.0276. The van der Waals surface area contributed by atoms with Crippen LogP contribution in [0, 0.1) is 233 Å². The van der Waals surface area contributed by atoms with Crippen LogP contribution in [0.5, 0.6) is 0 Å². The van der Waals surface area contributed by atoms with Crippen molar-refractivity contribution in [2.45, 2.75) is 65.5 Å². The zero-order valence-electron chi connectivity index (χ0n) is 61.8. The second kappa shape index (κ2) is 29.5. The molecule has 0 saturated carbocycles. The summed E-state index contributed by atoms with van der Waals surface area (Å²) in [4.78, 5) is 0.434. The van der Waals surface area contributed by atoms with Crippen molar-refractivity contribution in [1.82, 2.24) is 0 Å². The summed E-state index contributed by atoms with van der Waals surface area (Å²) in [5.74, 6) is -135. The number of unbranched alkanes of at least 4 members (excludes halogenated alkanes) is 3. The standard InChI is InChI=1S/C64BF36.C19H27F6N/c66-29-9-1-5-17(33(29)70)49(86)61(98)53(90)21(5)41(78)37(74)13(1)45(82)57(94)25(9)65(26-10-2-6-18(34(71)30(10)67)50(87)62(99)54(91)22(6)42(79)38(75)14(2)46(83)58(26)95,27-11-3-7-19(35(72)31(11)68)51(88)63(100)55(92)23(7)43(80)39(76)15(3)47(84)59(27)96)28-12-4-8-20(36(73)32(12)69)52(89)64(101)56(93)24(8)44(81)40(77)16(4)48(85)60(28)97;1-4-6-7-8-10-26(12-13(3)9-5-2)15-11-14(20)17(21)16(18(15)22)19(23,24)25/h;11,13H,4-10,12H2,1-3H3/q-1;/p+1. The first kappa shape index (κ1) is 88.4. The molecule has 662 valence electrons. The van der Waals surface area contributed by atoms with Crippen molar-refractivity contribution in [3.05, 3.63) is 239 Å². The SMILES string of the molecule is CCCCCC[NH+](CC(C)CCC)c1cc(F)c(F)c(C(F)(F)F)c1F.Fc1c(F)c2c(F)c(F)c3c(F)c(F)c([B-](c4c(F)c(F)c5c(F)c(F)c6c(F)c(F)c(F)c7c(F)c(F)c4c5c67)(c4c(F)c(F)c5c(F)c(F)c6c(F)c(F)c(F)c7c(F)c(F)c4c5c67)c4c(F)c(F)c5c(F)c(F)c6c(F)c(F)c(F)c7c(F)c(F)c4c5c67)c4c(F)c(F)c(c1F)c2c34. The number of benzene rings is 17. The molecule has 1 N–H and O–H groups in total. The molecule has 0 radical (unpaired) electrons. The zero-order chi connectivity index (χ0) is 93.4. The Morgan fingerprint density at radius 3 is 0.630 bits per heavy atom. The van der Waals surface area contributed by atoms with E-state index in [1.165, 1.54) is 0 Å². The Balaban J connectivity index is 0.000000394. The van der Waals surface area contributed by atoms with E-state index in [1.807, 2.05) is 20.8 Å². The number of hydrogen-bond donors (Lipinski definition) is 1. The van der Waals surface area contributed by atoms with Gasteiger partial charge < -0.3 is 0 Å². The summed E-state index contributed by atoms with van der Waals surface area (Å²) in [6.07, 6.45) is -8.58. The summed E-state index contributed by atoms with van der Waals surface area (Å²) < 4.78 is 702. The normalized spacial score (nSPS) is 13.3. The topological polar surface area (TPSA) is 4.44 Å². The number of alkyl halides is 3. The Bertz CT molecular complexity index is 6940. The molecule has 44 heteroatoms. The highest BCUT2D eigenvalue weighted by Gasteiger charge is 2.54. The van der Waals surface area contributed by atoms with Crippen molar-refractivity contribution in [3.8, 4) is 0 Å². The second-order valence-corrected chi connectivity index (χ2v) is 29.7. The van der Waals surface area contributed by atoms with Crippen molar-refractivity contribution in [3.63, 3.8) is 0 Å². The number of hydrogen-bond acceptors (Lipinski definition) is 0. The van der Waals surface area contributed by atoms with Crippen LogP contribution >= 0.6 is 0 Å². The Labute approximate surface area is 673 Å². The van der Waals surface area contributed by atoms with Crippen molar-refractivity contribution in [2.24, 2.45) is 5.92 Å². The van der Waals surface area contributed by atoms with Gasteiger partial charge in [-0.15, -0.1) is 21.9 Å². The van der Waals surface area contributed by atoms with Gasteiger partial charge in [0, 0.05) is 55.1 Å². The van der Waals surface area contributed by atoms with Crippen molar-refractivity contribution in [2.75, 3.05) is 13.1 Å². The number of quaternary nitrogens is 1. The third-order valence-corrected chi connectivity index (χ3v) is 23.3. The molecule has 0 amide bonds. The average Bonchev–Trinajstić information content (AvgIpc) is 0.644. The van der Waals surface area contributed by atoms with Crippen LogP contribution in [0.2, 0.25) is 0 Å². The van der Waals surface area contributed by atoms with Crippen molar-refractivity contribution in [1.29, 1.82) is 0 Å². The van der Waals surface area contributed by atoms with E-state index < -0.39 is 402 Å². The van der Waals surface area contributed by atoms with Gasteiger partial charge in [-0.25, -0.2) is 167 Å². The minimum atomic E-state index is -8.50. The summed E-state index contributed by atoms with van der Waals surface area (Å²) in [5.41, 5.74) is -18.5. The van der Waals surface area contributed by atoms with E-state index in [4.69, 9.17) is 0 Å². The smallest absolute Gasteiger partial charge is 0.300 e. The maximum atomic E-state index is 19.3. The van der Waals surface area contributed by atoms with Gasteiger partial charge in [-0.3, -0.25) is 4.90 Å². The van der Waals surface area contributed by atoms with Crippen molar-refractivity contribution >= 4 is 163 Å². The predicted molar refractivity (Wildman–Crippen MR) is 373 cm³/mol. The molecule has 127 heavy (non-hydrogen) atoms. The van der Waals surface area contributed by atoms with Gasteiger partial charge in [-0.05, 0) is 40.8 Å². The predicted octanol–water partition coefficient (Wildman–Crippen LogP) is 25.3. The van der Waals surface area contributed by atoms with Gasteiger partial charge in [0.05, 0.1) is 77.7 Å². The molecule has 0 fully saturated rings. The summed E-state index contributed by atoms with van der Waals surface area (Å²) in [7, 11) is 0. The van der Waals surface area contributed by atoms with Gasteiger partial charge in [-0.2, -0.15) is 17.6 Å². The van der Waals surface area contributed by atoms with Crippen LogP contribution in [-0.2, 0) is 6.18 Å². The van der Waals surface area contributed by atoms with E-state index in [0.717, 1.165) is 32.1 Å². The van der Waals surface area contributed by atoms with Crippen molar-refractivity contribution < 1.29 is 189 Å². The Morgan fingerprint density at radius 1 is 0.228 bits per heavy atom. The first-order valence-electron chi connectivity index (χ1n) is 36.2. The lowest BCUT2D eigenvalue weighted by Gasteiger charge is -2.48. The highest BCUT2D eigenvalue weighted by molar-refractivity contribution is 7.23. The minimum absolute atomic E-state index is 0.128. The molecule has 0 bridgehead atoms. The summed E-state index contributed by atoms with van der Waals surface area (Å²) >= 11 is 0. The fourth-order valence-electron chi connectivity index (χ4n) is 18.3. The zero-order valence-corrected chi connectivity index (χ0v) is 61.8. The molecule has 2 atom stereocenters. The molecule has 0 aromatic heterocycles. The highest BCUT2D eigenvalue weighted by atomic mass is 19.4. The van der Waals surface area contributed by atoms with Crippen LogP contribution in [0.1, 0.15) is 64.9 Å². The largest absolute Gasteiger partial charge is 0.422 e. The summed E-state index contributed by atoms with van der Waals surface area (Å²) in [6.45, 7) is 6.69. The van der Waals surface area contributed by atoms with Crippen LogP contribution in [0.25, 0.3) is 129 Å². The van der Waals surface area contributed by atoms with Gasteiger partial charge in [-0.1, -0.05) is 40.0 Å². The lowest BCUT2D eigenvalue weighted by Crippen LogP contribution is -3.08. The van der Waals surface area contributed by atoms with Crippen LogP contribution in [0.15, 0.2) is 6.07 Å². The van der Waals surface area contributed by atoms with Gasteiger partial charge in [0.25, 0.3) is 0 Å². The van der Waals surface area contributed by atoms with E-state index in [-0.39, 0.29) is 5.92 Å². The summed E-state index contributed by atoms with van der Waals surface area (Å²) in [5, 5.41) is -71.3. The fourth-order valence-corrected chi connectivity index (χ4v) is 18.3. The number of halogens is 42. The molecule has 0 aliphatic rings. The summed E-state index contributed by atoms with van der Waals surface area (Å²) in [6, 6.07) is 0.577. The molecule has 0 spiro atoms. The van der Waals surface area contributed by atoms with E-state index in [2.05, 4.69) is 0 Å². The van der Waals surface area contributed by atoms with Crippen LogP contribution in [-0.4, -0.2) is 19.2 Å². The van der Waals surface area contributed by atoms with Gasteiger partial charge >= 0.3 is 6.18 Å². The lowest BCUT2D eigenvalue weighted by molar-refractivity contribution is -0.838. The Morgan fingerprint density at radius 2 is 0.425 bits per heavy atom. The molecule has 0 heterocycles. The molecular formula is C83H28BF42N. The van der Waals surface area contributed by atoms with Gasteiger partial charge in [0.15, 0.2) is 209 Å². The van der Waals surface area contributed by atoms with Gasteiger partial charge in [0.1, 0.15) is 35.0 Å². The van der Waals surface area contributed by atoms with Crippen LogP contribution in [0.3, 0.4) is 0 Å². The van der Waals surface area contributed by atoms with E-state index >= 15 is 158 Å². The molecule has 0 aliphatic carbocycles. The molecule has 1 nitrogen and oxygen atoms in total. The van der Waals surface area contributed by atoms with Crippen LogP contribution < -0.4 is 26.8 Å². The molecule has 0 aliphatic heterocycles. The maximum Gasteiger partial charge on any atom is 0.422 e. The molecule has 17 aromatic rings. The number of nitrogens with one attached hydrogen (secondary N) is 1. The molecule has 2 unspecified atom stereocenters. The molecular weight excluding hydrogens is 1820 g/mol. The Hall–Kier alpha value is -12.0. The first-order chi connectivity index (χ1) is 59.4. The number of rotatable bonds is 14. The van der Waals surface area contributed by atoms with Gasteiger partial charge in [0.2, 0.25) is 0 Å². The van der Waals surface area contributed by atoms with E-state index in [0.29, 0.717) is 30.5 Å². The lowest BCUT2D eigenvalue weighted by atomic mass is 9.11. The average molecular weight is 1850 g/mol. The third kappa shape index (κ3) is 11.1. The maximum absolute atomic E-state index is 19.3. The fraction of sp³-hybridized carbons (Fsp3) is 0.157. The first-order valence-corrected chi connectivity index (χ1v) is 36.2. The molecule has 0 saturated heterocycles. The highest BCUT2D eigenvalue weighted by Crippen LogP contribution is 2.54. The second-order valence-electron chi connectivity index (χ2n) is 29.7. The molecule has 17 rings (SSSR count). The Kier molecular flexibility index (Phi) is 20.6. The third-order valence-electron chi connectivity index (χ3n) is 23.3. The van der Waals surface area contributed by atoms with E-state index in [9.17, 15) is 26.3 Å². The monoisotopic (exact) mass is 1850 g/mol.